The van der Waals surface area contributed by atoms with E-state index >= 15 is 0 Å². The lowest BCUT2D eigenvalue weighted by molar-refractivity contribution is -0.341. The Morgan fingerprint density at radius 1 is 0.805 bits per heavy atom. The second-order valence-corrected chi connectivity index (χ2v) is 15.7. The lowest BCUT2D eigenvalue weighted by atomic mass is 9.67. The number of thioether (sulfide) groups is 2. The summed E-state index contributed by atoms with van der Waals surface area (Å²) in [5.41, 5.74) is 3.47. The highest BCUT2D eigenvalue weighted by Crippen LogP contribution is 2.57. The minimum Gasteiger partial charge on any atom is -0.240 e. The molecule has 220 valence electrons. The zero-order valence-corrected chi connectivity index (χ0v) is 27.4. The number of hydrogen-bond acceptors (Lipinski definition) is 6. The molecule has 41 heavy (non-hydrogen) atoms. The molecule has 1 saturated carbocycles. The van der Waals surface area contributed by atoms with E-state index in [2.05, 4.69) is 115 Å². The molecule has 4 nitrogen and oxygen atoms in total. The molecule has 0 bridgehead atoms. The largest absolute Gasteiger partial charge is 0.240 e. The maximum atomic E-state index is 6.24. The van der Waals surface area contributed by atoms with Gasteiger partial charge in [0.1, 0.15) is 12.2 Å². The van der Waals surface area contributed by atoms with Crippen molar-refractivity contribution in [2.75, 3.05) is 14.2 Å². The Morgan fingerprint density at radius 2 is 1.41 bits per heavy atom. The molecular weight excluding hydrogens is 549 g/mol. The van der Waals surface area contributed by atoms with E-state index in [1.807, 2.05) is 23.5 Å². The van der Waals surface area contributed by atoms with E-state index in [-0.39, 0.29) is 40.3 Å². The van der Waals surface area contributed by atoms with E-state index in [1.54, 1.807) is 14.2 Å². The van der Waals surface area contributed by atoms with Crippen LogP contribution in [0.1, 0.15) is 66.0 Å². The van der Waals surface area contributed by atoms with Crippen LogP contribution in [0, 0.1) is 22.7 Å². The zero-order chi connectivity index (χ0) is 29.6. The summed E-state index contributed by atoms with van der Waals surface area (Å²) >= 11 is 3.75. The Hall–Kier alpha value is -1.80. The number of fused-ring (bicyclic) bond motifs is 2. The van der Waals surface area contributed by atoms with Gasteiger partial charge in [-0.3, -0.25) is 0 Å². The number of benzene rings is 2. The lowest BCUT2D eigenvalue weighted by Gasteiger charge is -2.44. The van der Waals surface area contributed by atoms with E-state index in [4.69, 9.17) is 19.6 Å². The molecule has 1 aliphatic carbocycles. The highest BCUT2D eigenvalue weighted by atomic mass is 32.2. The Balaban J connectivity index is 1.65. The Labute approximate surface area is 254 Å². The van der Waals surface area contributed by atoms with Crippen LogP contribution < -0.4 is 0 Å². The minimum absolute atomic E-state index is 0.00624. The number of allylic oxidation sites excluding steroid dienone is 5. The molecule has 2 aliphatic heterocycles. The van der Waals surface area contributed by atoms with Gasteiger partial charge in [0.2, 0.25) is 0 Å². The van der Waals surface area contributed by atoms with Gasteiger partial charge in [-0.2, -0.15) is 0 Å². The molecule has 2 aromatic carbocycles. The molecule has 5 atom stereocenters. The molecular formula is C35H44O4S2. The molecule has 0 aromatic heterocycles. The SMILES string of the molecule is COOC1CC(C=C2C=C(C(C)(C)C)Sc3ccccc32)C(OOC)C1C1(C)C=C(C(C)(C)C)Sc2ccccc21. The molecule has 1 fully saturated rings. The Morgan fingerprint density at radius 3 is 2.07 bits per heavy atom. The van der Waals surface area contributed by atoms with E-state index in [1.165, 1.54) is 36.3 Å². The van der Waals surface area contributed by atoms with Gasteiger partial charge in [0, 0.05) is 27.0 Å². The van der Waals surface area contributed by atoms with Gasteiger partial charge < -0.3 is 0 Å². The van der Waals surface area contributed by atoms with Crippen LogP contribution in [0.5, 0.6) is 0 Å². The van der Waals surface area contributed by atoms with Crippen molar-refractivity contribution in [2.45, 2.75) is 82.3 Å². The summed E-state index contributed by atoms with van der Waals surface area (Å²) in [4.78, 5) is 28.5. The van der Waals surface area contributed by atoms with Crippen molar-refractivity contribution in [3.05, 3.63) is 87.7 Å². The predicted octanol–water partition coefficient (Wildman–Crippen LogP) is 9.63. The standard InChI is InChI=1S/C35H44O4S2/c1-33(2,3)29-20-22(24-14-10-12-16-27(24)40-29)18-23-19-26(38-36-8)31(32(23)39-37-9)35(7)21-30(34(4,5)6)41-28-17-13-11-15-25(28)35/h10-18,20-21,23,26,31-32H,19H2,1-9H3. The smallest absolute Gasteiger partial charge is 0.106 e. The molecule has 2 heterocycles. The first kappa shape index (κ1) is 30.7. The average Bonchev–Trinajstić information content (AvgIpc) is 3.25. The van der Waals surface area contributed by atoms with Crippen LogP contribution in [0.15, 0.2) is 86.4 Å². The zero-order valence-electron chi connectivity index (χ0n) is 25.8. The fourth-order valence-electron chi connectivity index (χ4n) is 6.43. The van der Waals surface area contributed by atoms with Gasteiger partial charge in [-0.25, -0.2) is 19.6 Å². The molecule has 0 spiro atoms. The van der Waals surface area contributed by atoms with E-state index in [0.29, 0.717) is 0 Å². The van der Waals surface area contributed by atoms with Gasteiger partial charge in [-0.05, 0) is 62.0 Å². The molecule has 5 rings (SSSR count). The fraction of sp³-hybridized carbons (Fsp3) is 0.486. The molecule has 2 aromatic rings. The highest BCUT2D eigenvalue weighted by molar-refractivity contribution is 8.03. The second-order valence-electron chi connectivity index (χ2n) is 13.6. The third-order valence-electron chi connectivity index (χ3n) is 8.50. The van der Waals surface area contributed by atoms with Gasteiger partial charge in [-0.1, -0.05) is 121 Å². The summed E-state index contributed by atoms with van der Waals surface area (Å²) < 4.78 is 0. The van der Waals surface area contributed by atoms with Crippen LogP contribution in [0.3, 0.4) is 0 Å². The van der Waals surface area contributed by atoms with Crippen LogP contribution in [-0.4, -0.2) is 26.4 Å². The number of rotatable bonds is 6. The third-order valence-corrected chi connectivity index (χ3v) is 11.5. The van der Waals surface area contributed by atoms with Crippen LogP contribution >= 0.6 is 23.5 Å². The van der Waals surface area contributed by atoms with Crippen LogP contribution in [-0.2, 0) is 25.0 Å². The summed E-state index contributed by atoms with van der Waals surface area (Å²) in [5, 5.41) is 0. The van der Waals surface area contributed by atoms with Crippen molar-refractivity contribution in [1.82, 2.24) is 0 Å². The van der Waals surface area contributed by atoms with Gasteiger partial charge in [0.15, 0.2) is 0 Å². The van der Waals surface area contributed by atoms with Crippen molar-refractivity contribution in [3.63, 3.8) is 0 Å². The molecule has 0 radical (unpaired) electrons. The van der Waals surface area contributed by atoms with Gasteiger partial charge in [0.05, 0.1) is 14.2 Å². The molecule has 0 saturated heterocycles. The normalized spacial score (nSPS) is 29.1. The van der Waals surface area contributed by atoms with Crippen molar-refractivity contribution in [2.24, 2.45) is 22.7 Å². The Bertz CT molecular complexity index is 1360. The van der Waals surface area contributed by atoms with Crippen molar-refractivity contribution in [3.8, 4) is 0 Å². The molecule has 0 amide bonds. The molecule has 0 N–H and O–H groups in total. The Kier molecular flexibility index (Phi) is 8.75. The third kappa shape index (κ3) is 6.02. The monoisotopic (exact) mass is 592 g/mol. The topological polar surface area (TPSA) is 36.9 Å². The maximum absolute atomic E-state index is 6.24. The lowest BCUT2D eigenvalue weighted by Crippen LogP contribution is -2.45. The molecule has 3 aliphatic rings. The highest BCUT2D eigenvalue weighted by Gasteiger charge is 2.55. The first-order valence-electron chi connectivity index (χ1n) is 14.5. The van der Waals surface area contributed by atoms with Crippen LogP contribution in [0.25, 0.3) is 5.57 Å². The molecule has 6 heteroatoms. The first-order valence-corrected chi connectivity index (χ1v) is 16.1. The van der Waals surface area contributed by atoms with E-state index in [0.717, 1.165) is 6.42 Å². The summed E-state index contributed by atoms with van der Waals surface area (Å²) in [6.07, 6.45) is 7.53. The summed E-state index contributed by atoms with van der Waals surface area (Å²) in [6, 6.07) is 17.4. The molecule has 5 unspecified atom stereocenters. The predicted molar refractivity (Wildman–Crippen MR) is 170 cm³/mol. The first-order chi connectivity index (χ1) is 19.4. The fourth-order valence-corrected chi connectivity index (χ4v) is 8.99. The quantitative estimate of drug-likeness (QED) is 0.246. The van der Waals surface area contributed by atoms with Gasteiger partial charge >= 0.3 is 0 Å². The van der Waals surface area contributed by atoms with E-state index < -0.39 is 0 Å². The number of hydrogen-bond donors (Lipinski definition) is 0. The van der Waals surface area contributed by atoms with Crippen LogP contribution in [0.4, 0.5) is 0 Å². The van der Waals surface area contributed by atoms with Gasteiger partial charge in [0.25, 0.3) is 0 Å². The summed E-state index contributed by atoms with van der Waals surface area (Å²) in [7, 11) is 3.21. The van der Waals surface area contributed by atoms with Crippen molar-refractivity contribution in [1.29, 1.82) is 0 Å². The van der Waals surface area contributed by atoms with Crippen LogP contribution in [0.2, 0.25) is 0 Å². The van der Waals surface area contributed by atoms with Crippen molar-refractivity contribution >= 4 is 29.1 Å². The maximum Gasteiger partial charge on any atom is 0.106 e. The van der Waals surface area contributed by atoms with Gasteiger partial charge in [-0.15, -0.1) is 0 Å². The van der Waals surface area contributed by atoms with E-state index in [9.17, 15) is 0 Å². The summed E-state index contributed by atoms with van der Waals surface area (Å²) in [6.45, 7) is 16.0. The average molecular weight is 593 g/mol. The minimum atomic E-state index is -0.364. The second kappa shape index (κ2) is 11.7. The summed E-state index contributed by atoms with van der Waals surface area (Å²) in [5.74, 6) is -0.00305. The van der Waals surface area contributed by atoms with Crippen molar-refractivity contribution < 1.29 is 19.6 Å².